The number of nitrogens with zero attached hydrogens (tertiary/aromatic N) is 1. The number of guanidine groups is 1. The molecular weight excluding hydrogens is 248 g/mol. The lowest BCUT2D eigenvalue weighted by Gasteiger charge is -2.11. The Labute approximate surface area is 112 Å². The van der Waals surface area contributed by atoms with E-state index in [0.29, 0.717) is 24.5 Å². The van der Waals surface area contributed by atoms with Crippen LogP contribution >= 0.6 is 0 Å². The van der Waals surface area contributed by atoms with Crippen LogP contribution in [0.1, 0.15) is 18.4 Å². The second kappa shape index (κ2) is 6.50. The molecule has 3 nitrogen and oxygen atoms in total. The first-order valence-electron chi connectivity index (χ1n) is 6.57. The van der Waals surface area contributed by atoms with Crippen LogP contribution < -0.4 is 10.6 Å². The molecule has 1 aliphatic rings. The third kappa shape index (κ3) is 4.50. The summed E-state index contributed by atoms with van der Waals surface area (Å²) in [4.78, 5) is 4.09. The van der Waals surface area contributed by atoms with Crippen LogP contribution in [0.25, 0.3) is 0 Å². The number of aliphatic imine (C=N–C) groups is 1. The Hall–Kier alpha value is -1.65. The van der Waals surface area contributed by atoms with Crippen molar-refractivity contribution in [2.24, 2.45) is 10.9 Å². The van der Waals surface area contributed by atoms with Crippen molar-refractivity contribution in [3.05, 3.63) is 35.4 Å². The van der Waals surface area contributed by atoms with Crippen molar-refractivity contribution in [2.75, 3.05) is 20.1 Å². The van der Waals surface area contributed by atoms with Crippen molar-refractivity contribution in [2.45, 2.75) is 19.3 Å². The van der Waals surface area contributed by atoms with E-state index in [1.165, 1.54) is 18.9 Å². The first-order chi connectivity index (χ1) is 9.19. The van der Waals surface area contributed by atoms with Crippen LogP contribution in [0.4, 0.5) is 8.78 Å². The van der Waals surface area contributed by atoms with Crippen LogP contribution in [0.15, 0.2) is 23.2 Å². The van der Waals surface area contributed by atoms with E-state index in [1.54, 1.807) is 7.05 Å². The molecule has 1 aromatic carbocycles. The fraction of sp³-hybridized carbons (Fsp3) is 0.500. The predicted molar refractivity (Wildman–Crippen MR) is 72.2 cm³/mol. The first kappa shape index (κ1) is 13.8. The topological polar surface area (TPSA) is 36.4 Å². The molecule has 1 aliphatic carbocycles. The molecule has 0 heterocycles. The maximum absolute atomic E-state index is 13.4. The third-order valence-corrected chi connectivity index (χ3v) is 3.17. The molecule has 1 aromatic rings. The zero-order chi connectivity index (χ0) is 13.7. The van der Waals surface area contributed by atoms with E-state index in [1.807, 2.05) is 0 Å². The standard InChI is InChI=1S/C14H19F2N3/c1-17-14(19-9-10-2-3-10)18-7-6-11-8-12(15)4-5-13(11)16/h4-5,8,10H,2-3,6-7,9H2,1H3,(H2,17,18,19). The maximum Gasteiger partial charge on any atom is 0.190 e. The smallest absolute Gasteiger partial charge is 0.190 e. The van der Waals surface area contributed by atoms with Gasteiger partial charge in [-0.15, -0.1) is 0 Å². The van der Waals surface area contributed by atoms with Crippen LogP contribution in [0.5, 0.6) is 0 Å². The lowest BCUT2D eigenvalue weighted by molar-refractivity contribution is 0.583. The number of benzene rings is 1. The van der Waals surface area contributed by atoms with Gasteiger partial charge in [-0.1, -0.05) is 0 Å². The summed E-state index contributed by atoms with van der Waals surface area (Å²) in [5.41, 5.74) is 0.380. The molecule has 1 saturated carbocycles. The monoisotopic (exact) mass is 267 g/mol. The second-order valence-electron chi connectivity index (χ2n) is 4.81. The summed E-state index contributed by atoms with van der Waals surface area (Å²) in [7, 11) is 1.70. The fourth-order valence-electron chi connectivity index (χ4n) is 1.83. The number of nitrogens with one attached hydrogen (secondary N) is 2. The quantitative estimate of drug-likeness (QED) is 0.633. The average Bonchev–Trinajstić information content (AvgIpc) is 3.21. The molecule has 0 bridgehead atoms. The van der Waals surface area contributed by atoms with E-state index in [2.05, 4.69) is 15.6 Å². The normalized spacial score (nSPS) is 15.4. The highest BCUT2D eigenvalue weighted by Gasteiger charge is 2.20. The third-order valence-electron chi connectivity index (χ3n) is 3.17. The number of hydrogen-bond donors (Lipinski definition) is 2. The van der Waals surface area contributed by atoms with E-state index in [9.17, 15) is 8.78 Å². The summed E-state index contributed by atoms with van der Waals surface area (Å²) in [6.45, 7) is 1.44. The van der Waals surface area contributed by atoms with Gasteiger partial charge in [0.25, 0.3) is 0 Å². The zero-order valence-corrected chi connectivity index (χ0v) is 11.0. The van der Waals surface area contributed by atoms with Crippen LogP contribution in [0, 0.1) is 17.6 Å². The molecule has 0 amide bonds. The van der Waals surface area contributed by atoms with Gasteiger partial charge in [0.1, 0.15) is 11.6 Å². The zero-order valence-electron chi connectivity index (χ0n) is 11.0. The highest BCUT2D eigenvalue weighted by Crippen LogP contribution is 2.27. The van der Waals surface area contributed by atoms with Gasteiger partial charge in [-0.2, -0.15) is 0 Å². The molecule has 2 N–H and O–H groups in total. The van der Waals surface area contributed by atoms with Crippen LogP contribution in [0.2, 0.25) is 0 Å². The number of halogens is 2. The molecule has 0 atom stereocenters. The molecule has 0 unspecified atom stereocenters. The molecule has 0 aromatic heterocycles. The second-order valence-corrected chi connectivity index (χ2v) is 4.81. The average molecular weight is 267 g/mol. The van der Waals surface area contributed by atoms with Gasteiger partial charge >= 0.3 is 0 Å². The minimum absolute atomic E-state index is 0.371. The molecule has 5 heteroatoms. The highest BCUT2D eigenvalue weighted by atomic mass is 19.1. The van der Waals surface area contributed by atoms with Gasteiger partial charge in [0.05, 0.1) is 0 Å². The van der Waals surface area contributed by atoms with E-state index >= 15 is 0 Å². The largest absolute Gasteiger partial charge is 0.356 e. The molecule has 104 valence electrons. The molecule has 2 rings (SSSR count). The van der Waals surface area contributed by atoms with Crippen LogP contribution in [-0.4, -0.2) is 26.1 Å². The molecule has 0 aliphatic heterocycles. The Morgan fingerprint density at radius 1 is 1.32 bits per heavy atom. The first-order valence-corrected chi connectivity index (χ1v) is 6.57. The van der Waals surface area contributed by atoms with E-state index < -0.39 is 5.82 Å². The minimum atomic E-state index is -0.410. The summed E-state index contributed by atoms with van der Waals surface area (Å²) in [6.07, 6.45) is 2.98. The molecule has 1 fully saturated rings. The highest BCUT2D eigenvalue weighted by molar-refractivity contribution is 5.79. The Morgan fingerprint density at radius 3 is 2.79 bits per heavy atom. The number of hydrogen-bond acceptors (Lipinski definition) is 1. The summed E-state index contributed by atoms with van der Waals surface area (Å²) in [5.74, 6) is 0.694. The van der Waals surface area contributed by atoms with Crippen molar-refractivity contribution in [3.8, 4) is 0 Å². The Bertz CT molecular complexity index is 456. The Kier molecular flexibility index (Phi) is 4.71. The summed E-state index contributed by atoms with van der Waals surface area (Å²) >= 11 is 0. The molecular formula is C14H19F2N3. The van der Waals surface area contributed by atoms with E-state index in [-0.39, 0.29) is 5.82 Å². The SMILES string of the molecule is CN=C(NCCc1cc(F)ccc1F)NCC1CC1. The van der Waals surface area contributed by atoms with E-state index in [4.69, 9.17) is 0 Å². The Balaban J connectivity index is 1.76. The number of rotatable bonds is 5. The predicted octanol–water partition coefficient (Wildman–Crippen LogP) is 2.08. The van der Waals surface area contributed by atoms with Crippen LogP contribution in [0.3, 0.4) is 0 Å². The van der Waals surface area contributed by atoms with Gasteiger partial charge in [-0.05, 0) is 48.9 Å². The minimum Gasteiger partial charge on any atom is -0.356 e. The maximum atomic E-state index is 13.4. The van der Waals surface area contributed by atoms with Gasteiger partial charge in [0, 0.05) is 20.1 Å². The fourth-order valence-corrected chi connectivity index (χ4v) is 1.83. The van der Waals surface area contributed by atoms with Crippen molar-refractivity contribution in [3.63, 3.8) is 0 Å². The Morgan fingerprint density at radius 2 is 2.11 bits per heavy atom. The van der Waals surface area contributed by atoms with Gasteiger partial charge < -0.3 is 10.6 Å². The van der Waals surface area contributed by atoms with Gasteiger partial charge in [0.2, 0.25) is 0 Å². The van der Waals surface area contributed by atoms with Crippen molar-refractivity contribution in [1.29, 1.82) is 0 Å². The van der Waals surface area contributed by atoms with Crippen molar-refractivity contribution < 1.29 is 8.78 Å². The van der Waals surface area contributed by atoms with Gasteiger partial charge in [0.15, 0.2) is 5.96 Å². The van der Waals surface area contributed by atoms with E-state index in [0.717, 1.165) is 24.6 Å². The molecule has 0 spiro atoms. The molecule has 19 heavy (non-hydrogen) atoms. The summed E-state index contributed by atoms with van der Waals surface area (Å²) < 4.78 is 26.4. The van der Waals surface area contributed by atoms with Crippen molar-refractivity contribution >= 4 is 5.96 Å². The lowest BCUT2D eigenvalue weighted by atomic mass is 10.1. The molecule has 0 radical (unpaired) electrons. The summed E-state index contributed by atoms with van der Waals surface area (Å²) in [5, 5.41) is 6.31. The van der Waals surface area contributed by atoms with Crippen molar-refractivity contribution in [1.82, 2.24) is 10.6 Å². The lowest BCUT2D eigenvalue weighted by Crippen LogP contribution is -2.39. The van der Waals surface area contributed by atoms with Gasteiger partial charge in [-0.3, -0.25) is 4.99 Å². The van der Waals surface area contributed by atoms with Gasteiger partial charge in [-0.25, -0.2) is 8.78 Å². The molecule has 0 saturated heterocycles. The van der Waals surface area contributed by atoms with Crippen LogP contribution in [-0.2, 0) is 6.42 Å². The summed E-state index contributed by atoms with van der Waals surface area (Å²) in [6, 6.07) is 3.52.